The summed E-state index contributed by atoms with van der Waals surface area (Å²) >= 11 is 6.12. The van der Waals surface area contributed by atoms with Crippen LogP contribution in [0.2, 0.25) is 5.02 Å². The van der Waals surface area contributed by atoms with E-state index in [2.05, 4.69) is 16.0 Å². The maximum Gasteiger partial charge on any atom is 0.255 e. The molecular weight excluding hydrogens is 696 g/mol. The molecule has 5 rings (SSSR count). The van der Waals surface area contributed by atoms with Crippen LogP contribution in [0.15, 0.2) is 103 Å². The Morgan fingerprint density at radius 2 is 1.68 bits per heavy atom. The molecule has 0 radical (unpaired) electrons. The molecule has 1 aliphatic rings. The first-order chi connectivity index (χ1) is 25.7. The highest BCUT2D eigenvalue weighted by Gasteiger charge is 2.31. The molecule has 4 amide bonds. The molecule has 0 unspecified atom stereocenters. The third kappa shape index (κ3) is 11.5. The minimum atomic E-state index is -1.29. The summed E-state index contributed by atoms with van der Waals surface area (Å²) in [6.45, 7) is 4.69. The lowest BCUT2D eigenvalue weighted by Crippen LogP contribution is -2.55. The van der Waals surface area contributed by atoms with Crippen molar-refractivity contribution in [1.82, 2.24) is 20.9 Å². The zero-order valence-corrected chi connectivity index (χ0v) is 30.6. The third-order valence-electron chi connectivity index (χ3n) is 8.52. The van der Waals surface area contributed by atoms with Gasteiger partial charge in [-0.3, -0.25) is 19.2 Å². The van der Waals surface area contributed by atoms with Gasteiger partial charge >= 0.3 is 0 Å². The van der Waals surface area contributed by atoms with E-state index >= 15 is 0 Å². The lowest BCUT2D eigenvalue weighted by Gasteiger charge is -2.29. The van der Waals surface area contributed by atoms with E-state index in [1.165, 1.54) is 0 Å². The van der Waals surface area contributed by atoms with Crippen molar-refractivity contribution in [1.29, 1.82) is 0 Å². The van der Waals surface area contributed by atoms with E-state index in [-0.39, 0.29) is 37.6 Å². The summed E-state index contributed by atoms with van der Waals surface area (Å²) < 4.78 is 18.1. The van der Waals surface area contributed by atoms with Crippen LogP contribution in [0.1, 0.15) is 49.0 Å². The van der Waals surface area contributed by atoms with Gasteiger partial charge < -0.3 is 35.1 Å². The van der Waals surface area contributed by atoms with Crippen LogP contribution < -0.4 is 30.2 Å². The van der Waals surface area contributed by atoms with E-state index in [9.17, 15) is 19.2 Å². The van der Waals surface area contributed by atoms with Gasteiger partial charge in [0.05, 0.1) is 24.6 Å². The van der Waals surface area contributed by atoms with E-state index in [1.54, 1.807) is 78.6 Å². The van der Waals surface area contributed by atoms with Crippen molar-refractivity contribution in [3.63, 3.8) is 0 Å². The first-order valence-corrected chi connectivity index (χ1v) is 18.2. The van der Waals surface area contributed by atoms with Crippen LogP contribution in [0.3, 0.4) is 0 Å². The predicted molar refractivity (Wildman–Crippen MR) is 202 cm³/mol. The van der Waals surface area contributed by atoms with Crippen molar-refractivity contribution < 1.29 is 33.4 Å². The van der Waals surface area contributed by atoms with E-state index in [0.717, 1.165) is 18.4 Å². The quantitative estimate of drug-likeness (QED) is 0.163. The SMILES string of the molecule is CCCCN1CCOc2ccccc2C(=O)N[C@H](C(=O)N[C@H](C)COc2ccccc2Oc2cccc(Cl)c2)CC(=O)N[C@@H](Cc2ccccc2)C1=O. The van der Waals surface area contributed by atoms with Crippen molar-refractivity contribution in [2.45, 2.75) is 57.7 Å². The number of carbonyl (C=O) groups is 4. The minimum Gasteiger partial charge on any atom is -0.491 e. The Balaban J connectivity index is 1.34. The number of carbonyl (C=O) groups excluding carboxylic acids is 4. The summed E-state index contributed by atoms with van der Waals surface area (Å²) in [5, 5.41) is 9.00. The first kappa shape index (κ1) is 38.7. The predicted octanol–water partition coefficient (Wildman–Crippen LogP) is 5.95. The average molecular weight is 741 g/mol. The number of unbranched alkanes of at least 4 members (excludes halogenated alkanes) is 1. The molecule has 3 N–H and O–H groups in total. The first-order valence-electron chi connectivity index (χ1n) is 17.8. The molecule has 0 aliphatic carbocycles. The molecule has 0 aromatic heterocycles. The Kier molecular flexibility index (Phi) is 14.1. The summed E-state index contributed by atoms with van der Waals surface area (Å²) in [4.78, 5) is 56.9. The number of hydrogen-bond donors (Lipinski definition) is 3. The van der Waals surface area contributed by atoms with Gasteiger partial charge in [-0.2, -0.15) is 0 Å². The average Bonchev–Trinajstić information content (AvgIpc) is 3.15. The maximum absolute atomic E-state index is 14.0. The highest BCUT2D eigenvalue weighted by molar-refractivity contribution is 6.30. The Labute approximate surface area is 315 Å². The van der Waals surface area contributed by atoms with Gasteiger partial charge in [-0.05, 0) is 61.4 Å². The molecule has 3 atom stereocenters. The van der Waals surface area contributed by atoms with Crippen LogP contribution in [0.25, 0.3) is 0 Å². The number of ether oxygens (including phenoxy) is 3. The molecule has 1 heterocycles. The number of amides is 4. The number of nitrogens with zero attached hydrogens (tertiary/aromatic N) is 1. The van der Waals surface area contributed by atoms with Gasteiger partial charge in [-0.1, -0.05) is 85.6 Å². The van der Waals surface area contributed by atoms with Gasteiger partial charge in [0.2, 0.25) is 17.7 Å². The molecular formula is C41H45ClN4O7. The number of hydrogen-bond acceptors (Lipinski definition) is 7. The zero-order valence-electron chi connectivity index (χ0n) is 29.9. The molecule has 0 spiro atoms. The van der Waals surface area contributed by atoms with Crippen LogP contribution in [0.4, 0.5) is 0 Å². The number of fused-ring (bicyclic) bond motifs is 1. The van der Waals surface area contributed by atoms with Crippen LogP contribution in [0.5, 0.6) is 23.0 Å². The largest absolute Gasteiger partial charge is 0.491 e. The Bertz CT molecular complexity index is 1860. The summed E-state index contributed by atoms with van der Waals surface area (Å²) in [6.07, 6.45) is 1.46. The maximum atomic E-state index is 14.0. The van der Waals surface area contributed by atoms with Crippen LogP contribution in [0, 0.1) is 0 Å². The zero-order chi connectivity index (χ0) is 37.6. The van der Waals surface area contributed by atoms with E-state index in [4.69, 9.17) is 25.8 Å². The van der Waals surface area contributed by atoms with Crippen molar-refractivity contribution in [3.05, 3.63) is 119 Å². The Morgan fingerprint density at radius 1 is 0.943 bits per heavy atom. The lowest BCUT2D eigenvalue weighted by molar-refractivity contribution is -0.137. The Morgan fingerprint density at radius 3 is 2.45 bits per heavy atom. The second-order valence-corrected chi connectivity index (χ2v) is 13.2. The third-order valence-corrected chi connectivity index (χ3v) is 8.76. The van der Waals surface area contributed by atoms with Gasteiger partial charge in [-0.15, -0.1) is 0 Å². The molecule has 0 fully saturated rings. The van der Waals surface area contributed by atoms with Crippen LogP contribution in [-0.2, 0) is 20.8 Å². The van der Waals surface area contributed by atoms with Crippen molar-refractivity contribution in [2.24, 2.45) is 0 Å². The minimum absolute atomic E-state index is 0.0481. The van der Waals surface area contributed by atoms with Gasteiger partial charge in [-0.25, -0.2) is 0 Å². The highest BCUT2D eigenvalue weighted by Crippen LogP contribution is 2.32. The van der Waals surface area contributed by atoms with E-state index in [1.807, 2.05) is 43.3 Å². The van der Waals surface area contributed by atoms with Crippen molar-refractivity contribution in [2.75, 3.05) is 26.3 Å². The molecule has 1 aliphatic heterocycles. The molecule has 4 aromatic rings. The second-order valence-electron chi connectivity index (χ2n) is 12.8. The highest BCUT2D eigenvalue weighted by atomic mass is 35.5. The van der Waals surface area contributed by atoms with Gasteiger partial charge in [0, 0.05) is 18.0 Å². The topological polar surface area (TPSA) is 135 Å². The monoisotopic (exact) mass is 740 g/mol. The smallest absolute Gasteiger partial charge is 0.255 e. The second kappa shape index (κ2) is 19.3. The number of nitrogens with one attached hydrogen (secondary N) is 3. The van der Waals surface area contributed by atoms with E-state index in [0.29, 0.717) is 34.6 Å². The van der Waals surface area contributed by atoms with Crippen molar-refractivity contribution >= 4 is 35.2 Å². The van der Waals surface area contributed by atoms with Gasteiger partial charge in [0.15, 0.2) is 11.5 Å². The summed E-state index contributed by atoms with van der Waals surface area (Å²) in [7, 11) is 0. The number of para-hydroxylation sites is 3. The summed E-state index contributed by atoms with van der Waals surface area (Å²) in [5.74, 6) is -0.265. The molecule has 278 valence electrons. The molecule has 0 saturated heterocycles. The Hall–Kier alpha value is -5.55. The molecule has 4 aromatic carbocycles. The number of benzene rings is 4. The summed E-state index contributed by atoms with van der Waals surface area (Å²) in [5.41, 5.74) is 1.06. The van der Waals surface area contributed by atoms with Gasteiger partial charge in [0.25, 0.3) is 5.91 Å². The molecule has 12 heteroatoms. The normalized spacial score (nSPS) is 17.3. The van der Waals surface area contributed by atoms with Crippen LogP contribution in [-0.4, -0.2) is 73.0 Å². The fraction of sp³-hybridized carbons (Fsp3) is 0.317. The van der Waals surface area contributed by atoms with Crippen LogP contribution >= 0.6 is 11.6 Å². The standard InChI is InChI=1S/C41H45ClN4O7/c1-3-4-21-46-22-23-51-35-18-9-8-17-32(35)39(48)45-33(26-38(47)44-34(41(46)50)24-29-13-6-5-7-14-29)40(49)43-28(2)27-52-36-19-10-11-20-37(36)53-31-16-12-15-30(42)25-31/h5-20,25,28,33-34H,3-4,21-24,26-27H2,1-2H3,(H,43,49)(H,44,47)(H,45,48)/t28-,33+,34+/m1/s1. The molecule has 53 heavy (non-hydrogen) atoms. The molecule has 0 bridgehead atoms. The molecule has 11 nitrogen and oxygen atoms in total. The lowest BCUT2D eigenvalue weighted by atomic mass is 10.0. The van der Waals surface area contributed by atoms with Crippen molar-refractivity contribution in [3.8, 4) is 23.0 Å². The summed E-state index contributed by atoms with van der Waals surface area (Å²) in [6, 6.07) is 27.4. The molecule has 0 saturated carbocycles. The van der Waals surface area contributed by atoms with Gasteiger partial charge in [0.1, 0.15) is 36.8 Å². The number of halogens is 1. The number of rotatable bonds is 12. The van der Waals surface area contributed by atoms with E-state index < -0.39 is 42.3 Å². The fourth-order valence-corrected chi connectivity index (χ4v) is 5.97. The fourth-order valence-electron chi connectivity index (χ4n) is 5.79.